The Balaban J connectivity index is 1.39. The highest BCUT2D eigenvalue weighted by Gasteiger charge is 2.48. The Hall–Kier alpha value is -4.17. The normalized spacial score (nSPS) is 20.2. The van der Waals surface area contributed by atoms with Gasteiger partial charge in [-0.25, -0.2) is 0 Å². The molecule has 2 N–H and O–H groups in total. The van der Waals surface area contributed by atoms with Gasteiger partial charge in [0.15, 0.2) is 0 Å². The van der Waals surface area contributed by atoms with Gasteiger partial charge in [0.2, 0.25) is 0 Å². The molecule has 1 aliphatic heterocycles. The molecule has 0 radical (unpaired) electrons. The largest absolute Gasteiger partial charge is 0.416 e. The van der Waals surface area contributed by atoms with Gasteiger partial charge in [-0.05, 0) is 92.4 Å². The second-order valence-electron chi connectivity index (χ2n) is 11.6. The fraction of sp³-hybridized carbons (Fsp3) is 0.438. The molecule has 5 rings (SSSR count). The van der Waals surface area contributed by atoms with E-state index in [0.717, 1.165) is 30.3 Å². The maximum Gasteiger partial charge on any atom is 0.416 e. The highest BCUT2D eigenvalue weighted by Crippen LogP contribution is 2.52. The Kier molecular flexibility index (Phi) is 8.34. The molecule has 2 heterocycles. The summed E-state index contributed by atoms with van der Waals surface area (Å²) in [5, 5.41) is 14.3. The number of aromatic nitrogens is 3. The Labute approximate surface area is 249 Å². The minimum atomic E-state index is -4.63. The number of nitrogens with zero attached hydrogens (tertiary/aromatic N) is 4. The highest BCUT2D eigenvalue weighted by atomic mass is 19.4. The smallest absolute Gasteiger partial charge is 0.345 e. The molecule has 3 aromatic rings. The molecule has 11 heteroatoms. The van der Waals surface area contributed by atoms with Gasteiger partial charge in [0.05, 0.1) is 17.5 Å². The third-order valence-corrected chi connectivity index (χ3v) is 8.44. The summed E-state index contributed by atoms with van der Waals surface area (Å²) in [5.74, 6) is 5.40. The molecule has 2 aliphatic rings. The average molecular weight is 593 g/mol. The molecule has 0 bridgehead atoms. The summed E-state index contributed by atoms with van der Waals surface area (Å²) in [6.45, 7) is 6.18. The summed E-state index contributed by atoms with van der Waals surface area (Å²) >= 11 is 0. The number of hydrogen-bond donors (Lipinski definition) is 2. The van der Waals surface area contributed by atoms with Crippen molar-refractivity contribution in [3.63, 3.8) is 0 Å². The third kappa shape index (κ3) is 5.89. The van der Waals surface area contributed by atoms with Crippen molar-refractivity contribution in [3.8, 4) is 11.8 Å². The summed E-state index contributed by atoms with van der Waals surface area (Å²) in [6, 6.07) is 9.78. The van der Waals surface area contributed by atoms with E-state index in [0.29, 0.717) is 36.7 Å². The first-order valence-corrected chi connectivity index (χ1v) is 14.4. The van der Waals surface area contributed by atoms with Crippen molar-refractivity contribution >= 4 is 17.5 Å². The second kappa shape index (κ2) is 11.8. The number of aryl methyl sites for hydroxylation is 1. The standard InChI is InChI=1S/C32H35F3N6O2/c1-5-8-28(42)37-12-7-11-36-21(3)22-13-25-26(27(14-22)32(33,34)35)18-41(29(25)43)24-10-6-9-23(15-24)31(16-20(2)17-31)30-39-38-19-40(30)4/h6,9-10,13-15,19-21,36H,7,11-12,16-18H2,1-4H3,(H,37,42)/t20?,21-,31?/m1/s1. The molecule has 0 saturated heterocycles. The van der Waals surface area contributed by atoms with Gasteiger partial charge >= 0.3 is 6.18 Å². The lowest BCUT2D eigenvalue weighted by atomic mass is 9.58. The van der Waals surface area contributed by atoms with Crippen molar-refractivity contribution in [2.45, 2.75) is 64.2 Å². The van der Waals surface area contributed by atoms with Gasteiger partial charge in [-0.2, -0.15) is 13.2 Å². The van der Waals surface area contributed by atoms with Crippen LogP contribution in [0, 0.1) is 17.8 Å². The van der Waals surface area contributed by atoms with Gasteiger partial charge in [0, 0.05) is 30.9 Å². The molecule has 1 fully saturated rings. The van der Waals surface area contributed by atoms with Crippen LogP contribution in [0.5, 0.6) is 0 Å². The van der Waals surface area contributed by atoms with E-state index in [1.807, 2.05) is 29.8 Å². The number of amides is 2. The maximum atomic E-state index is 14.3. The molecule has 43 heavy (non-hydrogen) atoms. The van der Waals surface area contributed by atoms with Crippen LogP contribution in [-0.4, -0.2) is 39.7 Å². The summed E-state index contributed by atoms with van der Waals surface area (Å²) in [7, 11) is 1.90. The van der Waals surface area contributed by atoms with Gasteiger partial charge in [-0.1, -0.05) is 25.0 Å². The minimum Gasteiger partial charge on any atom is -0.345 e. The summed E-state index contributed by atoms with van der Waals surface area (Å²) < 4.78 is 44.9. The lowest BCUT2D eigenvalue weighted by Crippen LogP contribution is -2.43. The van der Waals surface area contributed by atoms with Crippen molar-refractivity contribution in [2.24, 2.45) is 13.0 Å². The number of carbonyl (C=O) groups is 2. The van der Waals surface area contributed by atoms with Crippen LogP contribution in [0.3, 0.4) is 0 Å². The number of hydrogen-bond acceptors (Lipinski definition) is 5. The van der Waals surface area contributed by atoms with E-state index in [9.17, 15) is 22.8 Å². The summed E-state index contributed by atoms with van der Waals surface area (Å²) in [4.78, 5) is 26.6. The number of anilines is 1. The Morgan fingerprint density at radius 2 is 1.98 bits per heavy atom. The first kappa shape index (κ1) is 30.3. The molecular weight excluding hydrogens is 557 g/mol. The maximum absolute atomic E-state index is 14.3. The predicted molar refractivity (Wildman–Crippen MR) is 156 cm³/mol. The van der Waals surface area contributed by atoms with Gasteiger partial charge in [0.25, 0.3) is 11.8 Å². The number of rotatable bonds is 9. The van der Waals surface area contributed by atoms with Crippen LogP contribution in [0.4, 0.5) is 18.9 Å². The van der Waals surface area contributed by atoms with Crippen molar-refractivity contribution < 1.29 is 22.8 Å². The summed E-state index contributed by atoms with van der Waals surface area (Å²) in [5.41, 5.74) is 0.780. The van der Waals surface area contributed by atoms with Crippen LogP contribution < -0.4 is 15.5 Å². The van der Waals surface area contributed by atoms with Crippen molar-refractivity contribution in [2.75, 3.05) is 18.0 Å². The van der Waals surface area contributed by atoms with E-state index in [-0.39, 0.29) is 29.0 Å². The van der Waals surface area contributed by atoms with Crippen LogP contribution >= 0.6 is 0 Å². The average Bonchev–Trinajstić information content (AvgIpc) is 3.53. The highest BCUT2D eigenvalue weighted by molar-refractivity contribution is 6.10. The molecule has 0 unspecified atom stereocenters. The van der Waals surface area contributed by atoms with E-state index in [2.05, 4.69) is 39.6 Å². The lowest BCUT2D eigenvalue weighted by Gasteiger charge is -2.46. The van der Waals surface area contributed by atoms with Crippen molar-refractivity contribution in [1.82, 2.24) is 25.4 Å². The molecule has 2 aromatic carbocycles. The first-order chi connectivity index (χ1) is 20.4. The number of nitrogens with one attached hydrogen (secondary N) is 2. The summed E-state index contributed by atoms with van der Waals surface area (Å²) in [6.07, 6.45) is -0.668. The monoisotopic (exact) mass is 592 g/mol. The number of halogens is 3. The van der Waals surface area contributed by atoms with Gasteiger partial charge in [-0.15, -0.1) is 10.2 Å². The second-order valence-corrected chi connectivity index (χ2v) is 11.6. The predicted octanol–water partition coefficient (Wildman–Crippen LogP) is 4.89. The van der Waals surface area contributed by atoms with Crippen LogP contribution in [0.15, 0.2) is 42.7 Å². The van der Waals surface area contributed by atoms with Crippen molar-refractivity contribution in [3.05, 3.63) is 76.4 Å². The van der Waals surface area contributed by atoms with Crippen LogP contribution in [0.1, 0.15) is 84.5 Å². The molecular formula is C32H35F3N6O2. The molecule has 2 amide bonds. The SMILES string of the molecule is CC#CC(=O)NCCCN[C@H](C)c1cc2c(c(C(F)(F)F)c1)CN(c1cccc(C3(c4nncn4C)CC(C)C3)c1)C2=O. The molecule has 1 aromatic heterocycles. The number of benzene rings is 2. The molecule has 1 atom stereocenters. The van der Waals surface area contributed by atoms with E-state index in [1.165, 1.54) is 4.90 Å². The zero-order valence-corrected chi connectivity index (χ0v) is 24.7. The zero-order valence-electron chi connectivity index (χ0n) is 24.7. The first-order valence-electron chi connectivity index (χ1n) is 14.4. The fourth-order valence-electron chi connectivity index (χ4n) is 6.39. The van der Waals surface area contributed by atoms with Gasteiger partial charge in [0.1, 0.15) is 12.2 Å². The molecule has 1 aliphatic carbocycles. The quantitative estimate of drug-likeness (QED) is 0.273. The molecule has 8 nitrogen and oxygen atoms in total. The third-order valence-electron chi connectivity index (χ3n) is 8.44. The molecule has 1 saturated carbocycles. The number of fused-ring (bicyclic) bond motifs is 1. The Bertz CT molecular complexity index is 1600. The number of alkyl halides is 3. The topological polar surface area (TPSA) is 92.2 Å². The fourth-order valence-corrected chi connectivity index (χ4v) is 6.39. The van der Waals surface area contributed by atoms with Gasteiger partial charge in [-0.3, -0.25) is 9.59 Å². The van der Waals surface area contributed by atoms with Crippen LogP contribution in [0.2, 0.25) is 0 Å². The molecule has 226 valence electrons. The Morgan fingerprint density at radius 3 is 2.63 bits per heavy atom. The molecule has 0 spiro atoms. The lowest BCUT2D eigenvalue weighted by molar-refractivity contribution is -0.138. The van der Waals surface area contributed by atoms with E-state index in [4.69, 9.17) is 0 Å². The van der Waals surface area contributed by atoms with E-state index < -0.39 is 23.7 Å². The zero-order chi connectivity index (χ0) is 30.9. The minimum absolute atomic E-state index is 0.0149. The van der Waals surface area contributed by atoms with E-state index >= 15 is 0 Å². The van der Waals surface area contributed by atoms with E-state index in [1.54, 1.807) is 32.3 Å². The van der Waals surface area contributed by atoms with Crippen LogP contribution in [-0.2, 0) is 30.0 Å². The van der Waals surface area contributed by atoms with Crippen molar-refractivity contribution in [1.29, 1.82) is 0 Å². The van der Waals surface area contributed by atoms with Gasteiger partial charge < -0.3 is 20.1 Å². The number of carbonyl (C=O) groups excluding carboxylic acids is 2. The van der Waals surface area contributed by atoms with Crippen LogP contribution in [0.25, 0.3) is 0 Å². The Morgan fingerprint density at radius 1 is 1.21 bits per heavy atom.